The molecule has 0 bridgehead atoms. The average Bonchev–Trinajstić information content (AvgIpc) is 2.70. The predicted octanol–water partition coefficient (Wildman–Crippen LogP) is 3.55. The van der Waals surface area contributed by atoms with E-state index in [9.17, 15) is 0 Å². The largest absolute Gasteiger partial charge is 0.497 e. The number of aromatic amines is 1. The van der Waals surface area contributed by atoms with E-state index in [1.165, 1.54) is 22.2 Å². The van der Waals surface area contributed by atoms with Crippen molar-refractivity contribution in [2.24, 2.45) is 0 Å². The molecule has 3 nitrogen and oxygen atoms in total. The first-order chi connectivity index (χ1) is 8.67. The molecule has 98 valence electrons. The number of benzene rings is 1. The molecule has 0 aliphatic carbocycles. The van der Waals surface area contributed by atoms with E-state index in [4.69, 9.17) is 4.74 Å². The summed E-state index contributed by atoms with van der Waals surface area (Å²) in [7, 11) is 1.71. The van der Waals surface area contributed by atoms with Crippen LogP contribution in [0.2, 0.25) is 0 Å². The van der Waals surface area contributed by atoms with Gasteiger partial charge in [0, 0.05) is 22.6 Å². The van der Waals surface area contributed by atoms with E-state index >= 15 is 0 Å². The Labute approximate surface area is 109 Å². The van der Waals surface area contributed by atoms with Crippen molar-refractivity contribution in [3.63, 3.8) is 0 Å². The van der Waals surface area contributed by atoms with Gasteiger partial charge in [0.1, 0.15) is 5.75 Å². The molecule has 1 heterocycles. The second-order valence-electron chi connectivity index (χ2n) is 4.75. The fraction of sp³-hybridized carbons (Fsp3) is 0.467. The van der Waals surface area contributed by atoms with Gasteiger partial charge in [0.15, 0.2) is 0 Å². The summed E-state index contributed by atoms with van der Waals surface area (Å²) < 4.78 is 5.31. The van der Waals surface area contributed by atoms with Gasteiger partial charge in [-0.1, -0.05) is 6.92 Å². The highest BCUT2D eigenvalue weighted by atomic mass is 16.5. The zero-order valence-electron chi connectivity index (χ0n) is 11.6. The Morgan fingerprint density at radius 1 is 1.39 bits per heavy atom. The Kier molecular flexibility index (Phi) is 3.92. The van der Waals surface area contributed by atoms with E-state index < -0.39 is 0 Å². The van der Waals surface area contributed by atoms with E-state index in [1.54, 1.807) is 7.11 Å². The van der Waals surface area contributed by atoms with Gasteiger partial charge in [-0.05, 0) is 50.6 Å². The topological polar surface area (TPSA) is 37.0 Å². The molecular weight excluding hydrogens is 224 g/mol. The van der Waals surface area contributed by atoms with Gasteiger partial charge in [0.05, 0.1) is 7.11 Å². The van der Waals surface area contributed by atoms with Crippen molar-refractivity contribution in [2.45, 2.75) is 33.2 Å². The normalized spacial score (nSPS) is 12.9. The number of fused-ring (bicyclic) bond motifs is 1. The van der Waals surface area contributed by atoms with Gasteiger partial charge in [-0.2, -0.15) is 0 Å². The minimum atomic E-state index is 0.353. The summed E-state index contributed by atoms with van der Waals surface area (Å²) in [6.07, 6.45) is 1.15. The highest BCUT2D eigenvalue weighted by molar-refractivity contribution is 5.86. The summed E-state index contributed by atoms with van der Waals surface area (Å²) in [4.78, 5) is 3.44. The minimum Gasteiger partial charge on any atom is -0.497 e. The summed E-state index contributed by atoms with van der Waals surface area (Å²) in [6, 6.07) is 6.53. The minimum absolute atomic E-state index is 0.353. The van der Waals surface area contributed by atoms with Crippen LogP contribution >= 0.6 is 0 Å². The van der Waals surface area contributed by atoms with Crippen LogP contribution in [0.5, 0.6) is 5.75 Å². The van der Waals surface area contributed by atoms with Gasteiger partial charge in [0.2, 0.25) is 0 Å². The zero-order valence-corrected chi connectivity index (χ0v) is 11.6. The third-order valence-corrected chi connectivity index (χ3v) is 3.38. The third-order valence-electron chi connectivity index (χ3n) is 3.38. The Morgan fingerprint density at radius 3 is 2.83 bits per heavy atom. The van der Waals surface area contributed by atoms with Crippen molar-refractivity contribution < 1.29 is 4.74 Å². The van der Waals surface area contributed by atoms with Gasteiger partial charge < -0.3 is 15.0 Å². The monoisotopic (exact) mass is 246 g/mol. The summed E-state index contributed by atoms with van der Waals surface area (Å²) in [6.45, 7) is 7.57. The van der Waals surface area contributed by atoms with E-state index in [-0.39, 0.29) is 0 Å². The molecule has 0 fully saturated rings. The van der Waals surface area contributed by atoms with Gasteiger partial charge in [-0.3, -0.25) is 0 Å². The maximum absolute atomic E-state index is 5.31. The number of aryl methyl sites for hydroxylation is 1. The Balaban J connectivity index is 2.44. The molecule has 18 heavy (non-hydrogen) atoms. The first-order valence-corrected chi connectivity index (χ1v) is 6.57. The fourth-order valence-electron chi connectivity index (χ4n) is 2.47. The lowest BCUT2D eigenvalue weighted by Gasteiger charge is -2.14. The summed E-state index contributed by atoms with van der Waals surface area (Å²) >= 11 is 0. The van der Waals surface area contributed by atoms with Crippen LogP contribution in [0.15, 0.2) is 18.2 Å². The molecule has 1 unspecified atom stereocenters. The second kappa shape index (κ2) is 5.44. The Bertz CT molecular complexity index is 531. The molecular formula is C15H22N2O. The SMILES string of the molecule is CCCNC(C)c1c(C)[nH]c2ccc(OC)cc12. The summed E-state index contributed by atoms with van der Waals surface area (Å²) in [5, 5.41) is 4.80. The van der Waals surface area contributed by atoms with Crippen LogP contribution in [-0.2, 0) is 0 Å². The van der Waals surface area contributed by atoms with Crippen LogP contribution < -0.4 is 10.1 Å². The van der Waals surface area contributed by atoms with E-state index in [2.05, 4.69) is 43.2 Å². The van der Waals surface area contributed by atoms with Crippen molar-refractivity contribution >= 4 is 10.9 Å². The molecule has 3 heteroatoms. The number of hydrogen-bond acceptors (Lipinski definition) is 2. The molecule has 0 radical (unpaired) electrons. The number of aromatic nitrogens is 1. The molecule has 0 aliphatic rings. The maximum Gasteiger partial charge on any atom is 0.119 e. The number of rotatable bonds is 5. The third kappa shape index (κ3) is 2.36. The number of hydrogen-bond donors (Lipinski definition) is 2. The molecule has 2 rings (SSSR count). The van der Waals surface area contributed by atoms with E-state index in [1.807, 2.05) is 6.07 Å². The highest BCUT2D eigenvalue weighted by Crippen LogP contribution is 2.30. The van der Waals surface area contributed by atoms with E-state index in [0.29, 0.717) is 6.04 Å². The predicted molar refractivity (Wildman–Crippen MR) is 76.3 cm³/mol. The second-order valence-corrected chi connectivity index (χ2v) is 4.75. The van der Waals surface area contributed by atoms with Crippen molar-refractivity contribution in [2.75, 3.05) is 13.7 Å². The average molecular weight is 246 g/mol. The molecule has 1 aromatic heterocycles. The molecule has 0 spiro atoms. The number of ether oxygens (including phenoxy) is 1. The molecule has 0 aliphatic heterocycles. The van der Waals surface area contributed by atoms with Gasteiger partial charge >= 0.3 is 0 Å². The molecule has 0 saturated carbocycles. The van der Waals surface area contributed by atoms with Crippen LogP contribution in [0.1, 0.15) is 37.6 Å². The van der Waals surface area contributed by atoms with E-state index in [0.717, 1.165) is 18.7 Å². The lowest BCUT2D eigenvalue weighted by molar-refractivity contribution is 0.415. The molecule has 2 N–H and O–H groups in total. The number of methoxy groups -OCH3 is 1. The molecule has 1 aromatic carbocycles. The highest BCUT2D eigenvalue weighted by Gasteiger charge is 2.14. The summed E-state index contributed by atoms with van der Waals surface area (Å²) in [5.41, 5.74) is 3.75. The van der Waals surface area contributed by atoms with Crippen molar-refractivity contribution in [1.29, 1.82) is 0 Å². The van der Waals surface area contributed by atoms with Gasteiger partial charge in [0.25, 0.3) is 0 Å². The number of nitrogens with one attached hydrogen (secondary N) is 2. The Morgan fingerprint density at radius 2 is 2.17 bits per heavy atom. The summed E-state index contributed by atoms with van der Waals surface area (Å²) in [5.74, 6) is 0.908. The van der Waals surface area contributed by atoms with Crippen molar-refractivity contribution in [1.82, 2.24) is 10.3 Å². The van der Waals surface area contributed by atoms with Crippen molar-refractivity contribution in [3.8, 4) is 5.75 Å². The van der Waals surface area contributed by atoms with Crippen LogP contribution in [0.4, 0.5) is 0 Å². The van der Waals surface area contributed by atoms with Crippen LogP contribution in [-0.4, -0.2) is 18.6 Å². The lowest BCUT2D eigenvalue weighted by atomic mass is 10.0. The molecule has 1 atom stereocenters. The molecule has 2 aromatic rings. The first kappa shape index (κ1) is 13.0. The smallest absolute Gasteiger partial charge is 0.119 e. The first-order valence-electron chi connectivity index (χ1n) is 6.57. The maximum atomic E-state index is 5.31. The molecule has 0 amide bonds. The standard InChI is InChI=1S/C15H22N2O/c1-5-8-16-10(2)15-11(3)17-14-7-6-12(18-4)9-13(14)15/h6-7,9-10,16-17H,5,8H2,1-4H3. The van der Waals surface area contributed by atoms with Crippen LogP contribution in [0, 0.1) is 6.92 Å². The Hall–Kier alpha value is -1.48. The lowest BCUT2D eigenvalue weighted by Crippen LogP contribution is -2.19. The van der Waals surface area contributed by atoms with Crippen LogP contribution in [0.25, 0.3) is 10.9 Å². The quantitative estimate of drug-likeness (QED) is 0.846. The number of H-pyrrole nitrogens is 1. The van der Waals surface area contributed by atoms with Gasteiger partial charge in [-0.15, -0.1) is 0 Å². The van der Waals surface area contributed by atoms with Crippen LogP contribution in [0.3, 0.4) is 0 Å². The molecule has 0 saturated heterocycles. The van der Waals surface area contributed by atoms with Crippen molar-refractivity contribution in [3.05, 3.63) is 29.5 Å². The fourth-order valence-corrected chi connectivity index (χ4v) is 2.47. The zero-order chi connectivity index (χ0) is 13.1. The van der Waals surface area contributed by atoms with Gasteiger partial charge in [-0.25, -0.2) is 0 Å².